The molecular weight excluding hydrogens is 340 g/mol. The number of amides is 1. The van der Waals surface area contributed by atoms with E-state index in [0.717, 1.165) is 16.7 Å². The summed E-state index contributed by atoms with van der Waals surface area (Å²) in [6, 6.07) is 7.36. The molecule has 1 amide bonds. The van der Waals surface area contributed by atoms with Gasteiger partial charge in [0.1, 0.15) is 10.1 Å². The van der Waals surface area contributed by atoms with Gasteiger partial charge in [-0.3, -0.25) is 9.69 Å². The first-order chi connectivity index (χ1) is 10.5. The van der Waals surface area contributed by atoms with Crippen LogP contribution in [-0.2, 0) is 4.79 Å². The number of pyridine rings is 1. The van der Waals surface area contributed by atoms with Crippen molar-refractivity contribution in [2.24, 2.45) is 0 Å². The molecule has 0 aliphatic carbocycles. The molecule has 0 spiro atoms. The van der Waals surface area contributed by atoms with Gasteiger partial charge in [0.2, 0.25) is 0 Å². The number of thioether (sulfide) groups is 1. The monoisotopic (exact) mass is 350 g/mol. The van der Waals surface area contributed by atoms with E-state index >= 15 is 0 Å². The summed E-state index contributed by atoms with van der Waals surface area (Å²) in [4.78, 5) is 18.5. The zero-order chi connectivity index (χ0) is 15.9. The Morgan fingerprint density at radius 3 is 2.82 bits per heavy atom. The zero-order valence-electron chi connectivity index (χ0n) is 11.8. The Balaban J connectivity index is 2.07. The molecule has 0 saturated carbocycles. The molecule has 1 fully saturated rings. The maximum atomic E-state index is 12.0. The molecule has 4 nitrogen and oxygen atoms in total. The van der Waals surface area contributed by atoms with Crippen molar-refractivity contribution >= 4 is 62.8 Å². The molecule has 0 unspecified atom stereocenters. The Bertz CT molecular complexity index is 836. The molecule has 112 valence electrons. The number of ether oxygens (including phenoxy) is 1. The third-order valence-corrected chi connectivity index (χ3v) is 5.04. The van der Waals surface area contributed by atoms with Crippen LogP contribution in [0.3, 0.4) is 0 Å². The molecule has 3 rings (SSSR count). The Morgan fingerprint density at radius 1 is 1.41 bits per heavy atom. The highest BCUT2D eigenvalue weighted by Gasteiger charge is 2.29. The van der Waals surface area contributed by atoms with Gasteiger partial charge in [0, 0.05) is 12.4 Å². The Hall–Kier alpha value is -1.63. The van der Waals surface area contributed by atoms with Crippen molar-refractivity contribution in [3.8, 4) is 5.75 Å². The molecule has 1 saturated heterocycles. The van der Waals surface area contributed by atoms with Gasteiger partial charge in [-0.15, -0.1) is 0 Å². The second-order valence-electron chi connectivity index (χ2n) is 4.65. The summed E-state index contributed by atoms with van der Waals surface area (Å²) >= 11 is 12.6. The Labute approximate surface area is 142 Å². The van der Waals surface area contributed by atoms with Gasteiger partial charge in [-0.25, -0.2) is 4.98 Å². The number of aromatic nitrogens is 1. The van der Waals surface area contributed by atoms with Crippen molar-refractivity contribution in [2.75, 3.05) is 14.2 Å². The zero-order valence-corrected chi connectivity index (χ0v) is 14.2. The highest BCUT2D eigenvalue weighted by Crippen LogP contribution is 2.33. The van der Waals surface area contributed by atoms with Crippen molar-refractivity contribution < 1.29 is 9.53 Å². The van der Waals surface area contributed by atoms with Crippen LogP contribution in [0.25, 0.3) is 17.0 Å². The number of hydrogen-bond donors (Lipinski definition) is 0. The van der Waals surface area contributed by atoms with Gasteiger partial charge in [-0.1, -0.05) is 35.6 Å². The van der Waals surface area contributed by atoms with Crippen LogP contribution in [0.2, 0.25) is 5.02 Å². The number of benzene rings is 1. The molecule has 0 bridgehead atoms. The van der Waals surface area contributed by atoms with Crippen molar-refractivity contribution in [2.45, 2.75) is 0 Å². The molecule has 1 aromatic carbocycles. The van der Waals surface area contributed by atoms with Crippen LogP contribution in [-0.4, -0.2) is 34.3 Å². The average Bonchev–Trinajstić information content (AvgIpc) is 2.75. The van der Waals surface area contributed by atoms with E-state index in [4.69, 9.17) is 28.6 Å². The minimum Gasteiger partial charge on any atom is -0.497 e. The van der Waals surface area contributed by atoms with Crippen molar-refractivity contribution in [1.82, 2.24) is 9.88 Å². The quantitative estimate of drug-likeness (QED) is 0.610. The smallest absolute Gasteiger partial charge is 0.265 e. The lowest BCUT2D eigenvalue weighted by molar-refractivity contribution is -0.121. The van der Waals surface area contributed by atoms with Crippen LogP contribution in [0.5, 0.6) is 5.75 Å². The fourth-order valence-corrected chi connectivity index (χ4v) is 3.41. The number of methoxy groups -OCH3 is 1. The second kappa shape index (κ2) is 5.87. The van der Waals surface area contributed by atoms with E-state index < -0.39 is 0 Å². The van der Waals surface area contributed by atoms with Crippen LogP contribution < -0.4 is 4.74 Å². The van der Waals surface area contributed by atoms with Crippen molar-refractivity contribution in [3.05, 3.63) is 39.9 Å². The van der Waals surface area contributed by atoms with E-state index in [1.807, 2.05) is 24.3 Å². The molecule has 0 radical (unpaired) electrons. The lowest BCUT2D eigenvalue weighted by atomic mass is 10.2. The third-order valence-electron chi connectivity index (χ3n) is 3.26. The standard InChI is InChI=1S/C15H11ClN2O2S2/c1-18-14(19)13(22-15(18)21)7-12-10(16)6-8-5-9(20-2)3-4-11(8)17-12/h3-7H,1-2H3. The predicted molar refractivity (Wildman–Crippen MR) is 94.2 cm³/mol. The largest absolute Gasteiger partial charge is 0.497 e. The van der Waals surface area contributed by atoms with Crippen LogP contribution in [0, 0.1) is 0 Å². The van der Waals surface area contributed by atoms with Crippen LogP contribution in [0.1, 0.15) is 5.69 Å². The van der Waals surface area contributed by atoms with Gasteiger partial charge in [-0.2, -0.15) is 0 Å². The van der Waals surface area contributed by atoms with Crippen LogP contribution in [0.4, 0.5) is 0 Å². The van der Waals surface area contributed by atoms with E-state index in [2.05, 4.69) is 4.98 Å². The third kappa shape index (κ3) is 2.69. The molecule has 1 aromatic heterocycles. The molecule has 1 aliphatic heterocycles. The number of carbonyl (C=O) groups is 1. The first kappa shape index (κ1) is 15.3. The minimum absolute atomic E-state index is 0.136. The summed E-state index contributed by atoms with van der Waals surface area (Å²) in [5.41, 5.74) is 1.33. The molecule has 2 heterocycles. The van der Waals surface area contributed by atoms with E-state index in [1.165, 1.54) is 16.7 Å². The number of carbonyl (C=O) groups excluding carboxylic acids is 1. The first-order valence-corrected chi connectivity index (χ1v) is 7.95. The number of likely N-dealkylation sites (N-methyl/N-ethyl adjacent to an activating group) is 1. The maximum absolute atomic E-state index is 12.0. The van der Waals surface area contributed by atoms with E-state index in [9.17, 15) is 4.79 Å². The lowest BCUT2D eigenvalue weighted by Crippen LogP contribution is -2.22. The number of nitrogens with zero attached hydrogens (tertiary/aromatic N) is 2. The normalized spacial score (nSPS) is 16.9. The summed E-state index contributed by atoms with van der Waals surface area (Å²) in [5.74, 6) is 0.604. The summed E-state index contributed by atoms with van der Waals surface area (Å²) in [6.07, 6.45) is 1.68. The predicted octanol–water partition coefficient (Wildman–Crippen LogP) is 3.73. The summed E-state index contributed by atoms with van der Waals surface area (Å²) in [5, 5.41) is 1.35. The van der Waals surface area contributed by atoms with Gasteiger partial charge in [0.15, 0.2) is 0 Å². The fourth-order valence-electron chi connectivity index (χ4n) is 2.04. The minimum atomic E-state index is -0.136. The number of halogens is 1. The van der Waals surface area contributed by atoms with Crippen LogP contribution in [0.15, 0.2) is 29.2 Å². The highest BCUT2D eigenvalue weighted by molar-refractivity contribution is 8.26. The topological polar surface area (TPSA) is 42.4 Å². The molecule has 0 atom stereocenters. The van der Waals surface area contributed by atoms with Gasteiger partial charge in [0.05, 0.1) is 28.2 Å². The number of rotatable bonds is 2. The Morgan fingerprint density at radius 2 is 2.18 bits per heavy atom. The summed E-state index contributed by atoms with van der Waals surface area (Å²) in [6.45, 7) is 0. The van der Waals surface area contributed by atoms with E-state index in [1.54, 1.807) is 20.2 Å². The number of hydrogen-bond acceptors (Lipinski definition) is 5. The highest BCUT2D eigenvalue weighted by atomic mass is 35.5. The number of thiocarbonyl (C=S) groups is 1. The molecular formula is C15H11ClN2O2S2. The van der Waals surface area contributed by atoms with E-state index in [-0.39, 0.29) is 5.91 Å². The van der Waals surface area contributed by atoms with Crippen LogP contribution >= 0.6 is 35.6 Å². The first-order valence-electron chi connectivity index (χ1n) is 6.35. The van der Waals surface area contributed by atoms with Gasteiger partial charge >= 0.3 is 0 Å². The van der Waals surface area contributed by atoms with Gasteiger partial charge in [-0.05, 0) is 30.3 Å². The molecule has 22 heavy (non-hydrogen) atoms. The van der Waals surface area contributed by atoms with Crippen molar-refractivity contribution in [3.63, 3.8) is 0 Å². The maximum Gasteiger partial charge on any atom is 0.265 e. The summed E-state index contributed by atoms with van der Waals surface area (Å²) < 4.78 is 5.71. The molecule has 2 aromatic rings. The Kier molecular flexibility index (Phi) is 4.08. The van der Waals surface area contributed by atoms with Gasteiger partial charge < -0.3 is 4.74 Å². The lowest BCUT2D eigenvalue weighted by Gasteiger charge is -2.05. The molecule has 1 aliphatic rings. The average molecular weight is 351 g/mol. The molecule has 7 heteroatoms. The second-order valence-corrected chi connectivity index (χ2v) is 6.74. The molecule has 0 N–H and O–H groups in total. The van der Waals surface area contributed by atoms with Crippen molar-refractivity contribution in [1.29, 1.82) is 0 Å². The van der Waals surface area contributed by atoms with E-state index in [0.29, 0.717) is 19.9 Å². The SMILES string of the molecule is COc1ccc2nc(C=C3SC(=S)N(C)C3=O)c(Cl)cc2c1. The van der Waals surface area contributed by atoms with Gasteiger partial charge in [0.25, 0.3) is 5.91 Å². The summed E-state index contributed by atoms with van der Waals surface area (Å²) in [7, 11) is 3.26. The fraction of sp³-hybridized carbons (Fsp3) is 0.133. The number of fused-ring (bicyclic) bond motifs is 1.